The molecular formula is C20H20F3N5O2. The summed E-state index contributed by atoms with van der Waals surface area (Å²) in [6.07, 6.45) is -0.615. The Kier molecular flexibility index (Phi) is 5.84. The van der Waals surface area contributed by atoms with Gasteiger partial charge in [0.1, 0.15) is 11.9 Å². The lowest BCUT2D eigenvalue weighted by Gasteiger charge is -2.31. The standard InChI is InChI=1S/C20H20F3N5O2/c21-20(22,23)14-2-4-16(5-3-14)29-10-6-15-12-17(27-26-15)18-13-28(9-11-30-18)19-24-7-1-8-25-19/h1-5,7-8,12,18H,6,9-11,13H2,(H,26,27). The van der Waals surface area contributed by atoms with E-state index in [0.717, 1.165) is 23.5 Å². The Bertz CT molecular complexity index is 947. The van der Waals surface area contributed by atoms with Gasteiger partial charge in [0.05, 0.1) is 31.0 Å². The van der Waals surface area contributed by atoms with Gasteiger partial charge >= 0.3 is 6.18 Å². The van der Waals surface area contributed by atoms with Gasteiger partial charge in [0.15, 0.2) is 0 Å². The van der Waals surface area contributed by atoms with Crippen molar-refractivity contribution >= 4 is 5.95 Å². The summed E-state index contributed by atoms with van der Waals surface area (Å²) >= 11 is 0. The average molecular weight is 419 g/mol. The van der Waals surface area contributed by atoms with Crippen LogP contribution < -0.4 is 9.64 Å². The minimum Gasteiger partial charge on any atom is -0.493 e. The molecule has 3 heterocycles. The molecule has 1 aliphatic rings. The lowest BCUT2D eigenvalue weighted by atomic mass is 10.2. The van der Waals surface area contributed by atoms with Crippen molar-refractivity contribution in [3.05, 3.63) is 65.7 Å². The highest BCUT2D eigenvalue weighted by Crippen LogP contribution is 2.30. The molecular weight excluding hydrogens is 399 g/mol. The van der Waals surface area contributed by atoms with Crippen LogP contribution in [0.2, 0.25) is 0 Å². The van der Waals surface area contributed by atoms with E-state index in [4.69, 9.17) is 9.47 Å². The summed E-state index contributed by atoms with van der Waals surface area (Å²) in [5.41, 5.74) is 0.934. The van der Waals surface area contributed by atoms with E-state index in [0.29, 0.717) is 44.4 Å². The van der Waals surface area contributed by atoms with Gasteiger partial charge in [0.2, 0.25) is 5.95 Å². The quantitative estimate of drug-likeness (QED) is 0.660. The number of rotatable bonds is 6. The van der Waals surface area contributed by atoms with Crippen molar-refractivity contribution in [3.63, 3.8) is 0 Å². The number of H-pyrrole nitrogens is 1. The third-order valence-corrected chi connectivity index (χ3v) is 4.70. The van der Waals surface area contributed by atoms with Gasteiger partial charge in [-0.3, -0.25) is 5.10 Å². The van der Waals surface area contributed by atoms with Gasteiger partial charge in [-0.1, -0.05) is 0 Å². The molecule has 0 amide bonds. The molecule has 158 valence electrons. The monoisotopic (exact) mass is 419 g/mol. The first-order chi connectivity index (χ1) is 14.5. The second kappa shape index (κ2) is 8.70. The molecule has 0 spiro atoms. The molecule has 0 radical (unpaired) electrons. The zero-order valence-corrected chi connectivity index (χ0v) is 16.0. The van der Waals surface area contributed by atoms with Crippen LogP contribution >= 0.6 is 0 Å². The number of halogens is 3. The van der Waals surface area contributed by atoms with Gasteiger partial charge < -0.3 is 14.4 Å². The highest BCUT2D eigenvalue weighted by atomic mass is 19.4. The Balaban J connectivity index is 1.30. The topological polar surface area (TPSA) is 76.2 Å². The normalized spacial score (nSPS) is 17.2. The van der Waals surface area contributed by atoms with Crippen molar-refractivity contribution < 1.29 is 22.6 Å². The predicted octanol–water partition coefficient (Wildman–Crippen LogP) is 3.42. The molecule has 1 N–H and O–H groups in total. The number of aromatic nitrogens is 4. The second-order valence-electron chi connectivity index (χ2n) is 6.79. The van der Waals surface area contributed by atoms with E-state index in [1.165, 1.54) is 12.1 Å². The van der Waals surface area contributed by atoms with Gasteiger partial charge in [0.25, 0.3) is 0 Å². The van der Waals surface area contributed by atoms with Crippen molar-refractivity contribution in [2.75, 3.05) is 31.2 Å². The smallest absolute Gasteiger partial charge is 0.416 e. The molecule has 1 aromatic carbocycles. The van der Waals surface area contributed by atoms with E-state index in [2.05, 4.69) is 25.1 Å². The first-order valence-corrected chi connectivity index (χ1v) is 9.47. The van der Waals surface area contributed by atoms with Crippen molar-refractivity contribution in [1.29, 1.82) is 0 Å². The van der Waals surface area contributed by atoms with E-state index >= 15 is 0 Å². The minimum absolute atomic E-state index is 0.205. The van der Waals surface area contributed by atoms with Crippen LogP contribution in [0.1, 0.15) is 23.1 Å². The molecule has 4 rings (SSSR count). The minimum atomic E-state index is -4.35. The molecule has 1 aliphatic heterocycles. The fraction of sp³-hybridized carbons (Fsp3) is 0.350. The van der Waals surface area contributed by atoms with Crippen molar-refractivity contribution in [2.24, 2.45) is 0 Å². The highest BCUT2D eigenvalue weighted by molar-refractivity contribution is 5.31. The van der Waals surface area contributed by atoms with Gasteiger partial charge in [-0.15, -0.1) is 0 Å². The number of benzene rings is 1. The number of anilines is 1. The maximum absolute atomic E-state index is 12.6. The molecule has 0 aliphatic carbocycles. The second-order valence-corrected chi connectivity index (χ2v) is 6.79. The van der Waals surface area contributed by atoms with Crippen LogP contribution in [0.4, 0.5) is 19.1 Å². The number of nitrogens with one attached hydrogen (secondary N) is 1. The summed E-state index contributed by atoms with van der Waals surface area (Å²) in [4.78, 5) is 10.6. The molecule has 1 fully saturated rings. The van der Waals surface area contributed by atoms with Crippen LogP contribution in [-0.4, -0.2) is 46.5 Å². The molecule has 7 nitrogen and oxygen atoms in total. The summed E-state index contributed by atoms with van der Waals surface area (Å²) in [5.74, 6) is 1.04. The van der Waals surface area contributed by atoms with Crippen LogP contribution in [0.3, 0.4) is 0 Å². The fourth-order valence-electron chi connectivity index (χ4n) is 3.16. The van der Waals surface area contributed by atoms with Crippen molar-refractivity contribution in [2.45, 2.75) is 18.7 Å². The first kappa shape index (κ1) is 20.1. The number of alkyl halides is 3. The molecule has 0 saturated carbocycles. The number of hydrogen-bond donors (Lipinski definition) is 1. The highest BCUT2D eigenvalue weighted by Gasteiger charge is 2.30. The largest absolute Gasteiger partial charge is 0.493 e. The van der Waals surface area contributed by atoms with Crippen molar-refractivity contribution in [1.82, 2.24) is 20.2 Å². The third kappa shape index (κ3) is 4.88. The summed E-state index contributed by atoms with van der Waals surface area (Å²) in [5, 5.41) is 7.30. The summed E-state index contributed by atoms with van der Waals surface area (Å²) < 4.78 is 49.2. The maximum atomic E-state index is 12.6. The molecule has 3 aromatic rings. The van der Waals surface area contributed by atoms with Crippen molar-refractivity contribution in [3.8, 4) is 5.75 Å². The molecule has 1 atom stereocenters. The number of hydrogen-bond acceptors (Lipinski definition) is 6. The predicted molar refractivity (Wildman–Crippen MR) is 102 cm³/mol. The molecule has 2 aromatic heterocycles. The van der Waals surface area contributed by atoms with Gasteiger partial charge in [-0.05, 0) is 36.4 Å². The molecule has 30 heavy (non-hydrogen) atoms. The Morgan fingerprint density at radius 2 is 1.93 bits per heavy atom. The molecule has 1 saturated heterocycles. The Labute approximate surface area is 170 Å². The summed E-state index contributed by atoms with van der Waals surface area (Å²) in [7, 11) is 0. The summed E-state index contributed by atoms with van der Waals surface area (Å²) in [6, 6.07) is 8.33. The van der Waals surface area contributed by atoms with E-state index in [1.54, 1.807) is 18.5 Å². The van der Waals surface area contributed by atoms with Crippen LogP contribution in [0, 0.1) is 0 Å². The maximum Gasteiger partial charge on any atom is 0.416 e. The Morgan fingerprint density at radius 3 is 2.67 bits per heavy atom. The number of nitrogens with zero attached hydrogens (tertiary/aromatic N) is 4. The van der Waals surface area contributed by atoms with E-state index in [9.17, 15) is 13.2 Å². The van der Waals surface area contributed by atoms with Crippen LogP contribution in [0.5, 0.6) is 5.75 Å². The molecule has 1 unspecified atom stereocenters. The van der Waals surface area contributed by atoms with Crippen LogP contribution in [0.15, 0.2) is 48.8 Å². The SMILES string of the molecule is FC(F)(F)c1ccc(OCCc2cc(C3CN(c4ncccn4)CCO3)n[nH]2)cc1. The summed E-state index contributed by atoms with van der Waals surface area (Å²) in [6.45, 7) is 2.15. The van der Waals surface area contributed by atoms with E-state index in [1.807, 2.05) is 6.07 Å². The number of morpholine rings is 1. The number of aromatic amines is 1. The van der Waals surface area contributed by atoms with Gasteiger partial charge in [0, 0.05) is 31.1 Å². The van der Waals surface area contributed by atoms with E-state index < -0.39 is 11.7 Å². The van der Waals surface area contributed by atoms with Crippen LogP contribution in [-0.2, 0) is 17.3 Å². The number of ether oxygens (including phenoxy) is 2. The molecule has 0 bridgehead atoms. The van der Waals surface area contributed by atoms with E-state index in [-0.39, 0.29) is 6.10 Å². The lowest BCUT2D eigenvalue weighted by molar-refractivity contribution is -0.137. The Hall–Kier alpha value is -3.14. The molecule has 10 heteroatoms. The Morgan fingerprint density at radius 1 is 1.17 bits per heavy atom. The van der Waals surface area contributed by atoms with Crippen LogP contribution in [0.25, 0.3) is 0 Å². The van der Waals surface area contributed by atoms with Gasteiger partial charge in [-0.25, -0.2) is 9.97 Å². The third-order valence-electron chi connectivity index (χ3n) is 4.70. The zero-order chi connectivity index (χ0) is 21.0. The first-order valence-electron chi connectivity index (χ1n) is 9.47. The zero-order valence-electron chi connectivity index (χ0n) is 16.0. The van der Waals surface area contributed by atoms with Gasteiger partial charge in [-0.2, -0.15) is 18.3 Å². The fourth-order valence-corrected chi connectivity index (χ4v) is 3.16. The average Bonchev–Trinajstić information content (AvgIpc) is 3.23. The lowest BCUT2D eigenvalue weighted by Crippen LogP contribution is -2.39.